The highest BCUT2D eigenvalue weighted by atomic mass is 16.6. The lowest BCUT2D eigenvalue weighted by molar-refractivity contribution is 0.181. The van der Waals surface area contributed by atoms with Crippen molar-refractivity contribution in [3.05, 3.63) is 66.5 Å². The Morgan fingerprint density at radius 3 is 1.70 bits per heavy atom. The molecule has 140 valence electrons. The van der Waals surface area contributed by atoms with E-state index in [0.717, 1.165) is 5.82 Å². The minimum Gasteiger partial charge on any atom is -0.410 e. The molecule has 0 saturated carbocycles. The highest BCUT2D eigenvalue weighted by molar-refractivity contribution is 5.89. The number of benzene rings is 2. The van der Waals surface area contributed by atoms with Gasteiger partial charge in [0.05, 0.1) is 0 Å². The van der Waals surface area contributed by atoms with Gasteiger partial charge in [-0.1, -0.05) is 36.4 Å². The summed E-state index contributed by atoms with van der Waals surface area (Å²) in [6, 6.07) is 16.8. The number of aromatic nitrogens is 3. The van der Waals surface area contributed by atoms with Crippen molar-refractivity contribution in [1.29, 1.82) is 0 Å². The van der Waals surface area contributed by atoms with Gasteiger partial charge in [-0.05, 0) is 31.2 Å². The van der Waals surface area contributed by atoms with Gasteiger partial charge in [-0.25, -0.2) is 14.9 Å². The molecule has 3 aromatic rings. The second-order valence-corrected chi connectivity index (χ2v) is 5.02. The summed E-state index contributed by atoms with van der Waals surface area (Å²) in [6.45, 7) is 1.86. The monoisotopic (exact) mass is 369 g/mol. The van der Waals surface area contributed by atoms with Gasteiger partial charge >= 0.3 is 12.2 Å². The third-order valence-corrected chi connectivity index (χ3v) is 2.93. The number of carbonyl (C=O) groups excluding carboxylic acids is 2. The molecule has 0 fully saturated rings. The molecule has 2 aromatic carbocycles. The molecular formula is C18H19N5O4. The average molecular weight is 369 g/mol. The summed E-state index contributed by atoms with van der Waals surface area (Å²) < 4.78 is 9.74. The van der Waals surface area contributed by atoms with Crippen LogP contribution in [0.2, 0.25) is 0 Å². The van der Waals surface area contributed by atoms with E-state index in [0.29, 0.717) is 17.4 Å². The maximum atomic E-state index is 11.4. The van der Waals surface area contributed by atoms with E-state index in [2.05, 4.69) is 20.5 Å². The van der Waals surface area contributed by atoms with E-state index < -0.39 is 12.2 Å². The Kier molecular flexibility index (Phi) is 7.34. The van der Waals surface area contributed by atoms with Crippen molar-refractivity contribution in [1.82, 2.24) is 20.5 Å². The number of imide groups is 1. The first-order valence-corrected chi connectivity index (χ1v) is 7.94. The highest BCUT2D eigenvalue weighted by Gasteiger charge is 2.11. The van der Waals surface area contributed by atoms with Gasteiger partial charge in [0.25, 0.3) is 0 Å². The van der Waals surface area contributed by atoms with Crippen LogP contribution in [-0.2, 0) is 0 Å². The van der Waals surface area contributed by atoms with Gasteiger partial charge in [-0.15, -0.1) is 5.10 Å². The van der Waals surface area contributed by atoms with E-state index >= 15 is 0 Å². The second kappa shape index (κ2) is 10.2. The van der Waals surface area contributed by atoms with Gasteiger partial charge in [-0.2, -0.15) is 4.98 Å². The molecule has 9 nitrogen and oxygen atoms in total. The summed E-state index contributed by atoms with van der Waals surface area (Å²) in [5.41, 5.74) is 0. The number of hydrogen-bond acceptors (Lipinski definition) is 7. The molecule has 0 bridgehead atoms. The summed E-state index contributed by atoms with van der Waals surface area (Å²) in [5, 5.41) is 11.2. The van der Waals surface area contributed by atoms with E-state index in [9.17, 15) is 9.59 Å². The van der Waals surface area contributed by atoms with Crippen molar-refractivity contribution >= 4 is 18.1 Å². The van der Waals surface area contributed by atoms with Crippen LogP contribution in [0.25, 0.3) is 0 Å². The molecule has 27 heavy (non-hydrogen) atoms. The quantitative estimate of drug-likeness (QED) is 0.649. The molecule has 9 heteroatoms. The fourth-order valence-electron chi connectivity index (χ4n) is 1.78. The van der Waals surface area contributed by atoms with Crippen LogP contribution < -0.4 is 20.1 Å². The lowest BCUT2D eigenvalue weighted by Gasteiger charge is -2.06. The molecule has 1 aromatic heterocycles. The number of aryl methyl sites for hydroxylation is 1. The van der Waals surface area contributed by atoms with E-state index in [1.165, 1.54) is 0 Å². The number of amides is 2. The van der Waals surface area contributed by atoms with Crippen LogP contribution in [0.1, 0.15) is 5.82 Å². The Bertz CT molecular complexity index is 801. The average Bonchev–Trinajstić information content (AvgIpc) is 3.09. The van der Waals surface area contributed by atoms with Crippen LogP contribution >= 0.6 is 0 Å². The molecule has 0 radical (unpaired) electrons. The van der Waals surface area contributed by atoms with Crippen molar-refractivity contribution < 1.29 is 19.1 Å². The molecule has 3 N–H and O–H groups in total. The number of hydrogen-bond donors (Lipinski definition) is 3. The molecule has 0 atom stereocenters. The lowest BCUT2D eigenvalue weighted by atomic mass is 10.3. The number of anilines is 1. The molecule has 2 amide bonds. The first-order valence-electron chi connectivity index (χ1n) is 7.94. The number of ether oxygens (including phenoxy) is 2. The first kappa shape index (κ1) is 19.4. The lowest BCUT2D eigenvalue weighted by Crippen LogP contribution is -2.35. The van der Waals surface area contributed by atoms with Crippen molar-refractivity contribution in [3.63, 3.8) is 0 Å². The Balaban J connectivity index is 0.000000273. The molecule has 1 heterocycles. The SMILES string of the molecule is CNc1n[nH]c(C)n1.O=C(NC(=O)Oc1ccccc1)Oc1ccccc1. The maximum Gasteiger partial charge on any atom is 0.422 e. The summed E-state index contributed by atoms with van der Waals surface area (Å²) in [6.07, 6.45) is -1.79. The number of carbonyl (C=O) groups is 2. The Morgan fingerprint density at radius 1 is 0.889 bits per heavy atom. The molecular weight excluding hydrogens is 350 g/mol. The topological polar surface area (TPSA) is 118 Å². The van der Waals surface area contributed by atoms with E-state index in [4.69, 9.17) is 9.47 Å². The number of nitrogens with zero attached hydrogens (tertiary/aromatic N) is 2. The van der Waals surface area contributed by atoms with E-state index in [1.54, 1.807) is 67.7 Å². The highest BCUT2D eigenvalue weighted by Crippen LogP contribution is 2.09. The van der Waals surface area contributed by atoms with Crippen LogP contribution in [0.15, 0.2) is 60.7 Å². The molecule has 0 aliphatic carbocycles. The van der Waals surface area contributed by atoms with E-state index in [1.807, 2.05) is 12.2 Å². The zero-order valence-corrected chi connectivity index (χ0v) is 14.8. The standard InChI is InChI=1S/C14H11NO4.C4H8N4/c16-13(18-11-7-3-1-4-8-11)15-14(17)19-12-9-5-2-6-10-12;1-3-6-4(5-2)8-7-3/h1-10H,(H,15,16,17);1-2H3,(H2,5,6,7,8). The molecule has 3 rings (SSSR count). The summed E-state index contributed by atoms with van der Waals surface area (Å²) >= 11 is 0. The van der Waals surface area contributed by atoms with Gasteiger partial charge in [0, 0.05) is 7.05 Å². The van der Waals surface area contributed by atoms with Gasteiger partial charge in [-0.3, -0.25) is 5.10 Å². The van der Waals surface area contributed by atoms with Crippen LogP contribution in [0.4, 0.5) is 15.5 Å². The maximum absolute atomic E-state index is 11.4. The predicted octanol–water partition coefficient (Wildman–Crippen LogP) is 3.13. The van der Waals surface area contributed by atoms with Gasteiger partial charge in [0.1, 0.15) is 17.3 Å². The van der Waals surface area contributed by atoms with Crippen LogP contribution in [0.3, 0.4) is 0 Å². The molecule has 0 unspecified atom stereocenters. The number of rotatable bonds is 3. The smallest absolute Gasteiger partial charge is 0.410 e. The third-order valence-electron chi connectivity index (χ3n) is 2.93. The minimum absolute atomic E-state index is 0.340. The third kappa shape index (κ3) is 7.26. The molecule has 0 aliphatic rings. The summed E-state index contributed by atoms with van der Waals surface area (Å²) in [4.78, 5) is 26.7. The molecule has 0 saturated heterocycles. The van der Waals surface area contributed by atoms with Crippen molar-refractivity contribution in [2.24, 2.45) is 0 Å². The van der Waals surface area contributed by atoms with Crippen molar-refractivity contribution in [2.75, 3.05) is 12.4 Å². The molecule has 0 spiro atoms. The Morgan fingerprint density at radius 2 is 1.37 bits per heavy atom. The summed E-state index contributed by atoms with van der Waals surface area (Å²) in [5.74, 6) is 2.15. The predicted molar refractivity (Wildman–Crippen MR) is 98.7 cm³/mol. The second-order valence-electron chi connectivity index (χ2n) is 5.02. The van der Waals surface area contributed by atoms with Crippen LogP contribution in [0, 0.1) is 6.92 Å². The van der Waals surface area contributed by atoms with Crippen molar-refractivity contribution in [3.8, 4) is 11.5 Å². The Hall–Kier alpha value is -3.88. The number of nitrogens with one attached hydrogen (secondary N) is 3. The zero-order chi connectivity index (χ0) is 19.5. The van der Waals surface area contributed by atoms with Gasteiger partial charge in [0.2, 0.25) is 5.95 Å². The van der Waals surface area contributed by atoms with E-state index in [-0.39, 0.29) is 0 Å². The largest absolute Gasteiger partial charge is 0.422 e. The van der Waals surface area contributed by atoms with Crippen LogP contribution in [-0.4, -0.2) is 34.4 Å². The van der Waals surface area contributed by atoms with Gasteiger partial charge < -0.3 is 14.8 Å². The number of aromatic amines is 1. The Labute approximate surface area is 155 Å². The minimum atomic E-state index is -0.896. The number of para-hydroxylation sites is 2. The zero-order valence-electron chi connectivity index (χ0n) is 14.8. The first-order chi connectivity index (χ1) is 13.1. The molecule has 0 aliphatic heterocycles. The van der Waals surface area contributed by atoms with Gasteiger partial charge in [0.15, 0.2) is 0 Å². The summed E-state index contributed by atoms with van der Waals surface area (Å²) in [7, 11) is 1.78. The fraction of sp³-hybridized carbons (Fsp3) is 0.111. The van der Waals surface area contributed by atoms with Crippen molar-refractivity contribution in [2.45, 2.75) is 6.92 Å². The van der Waals surface area contributed by atoms with Crippen LogP contribution in [0.5, 0.6) is 11.5 Å². The normalized spacial score (nSPS) is 9.41. The fourth-order valence-corrected chi connectivity index (χ4v) is 1.78. The number of H-pyrrole nitrogens is 1.